The Labute approximate surface area is 209 Å². The number of pyridine rings is 1. The lowest BCUT2D eigenvalue weighted by molar-refractivity contribution is -0.139. The van der Waals surface area contributed by atoms with Gasteiger partial charge in [0, 0.05) is 12.7 Å². The monoisotopic (exact) mass is 490 g/mol. The lowest BCUT2D eigenvalue weighted by Gasteiger charge is -2.26. The first-order valence-corrected chi connectivity index (χ1v) is 11.7. The number of esters is 1. The molecule has 1 aliphatic heterocycles. The maximum atomic E-state index is 13.3. The summed E-state index contributed by atoms with van der Waals surface area (Å²) < 4.78 is 6.52. The Bertz CT molecular complexity index is 1370. The molecule has 188 valence electrons. The molecule has 36 heavy (non-hydrogen) atoms. The van der Waals surface area contributed by atoms with Crippen molar-refractivity contribution >= 4 is 29.1 Å². The Morgan fingerprint density at radius 3 is 2.47 bits per heavy atom. The van der Waals surface area contributed by atoms with Gasteiger partial charge in [0.1, 0.15) is 11.3 Å². The van der Waals surface area contributed by atoms with Crippen molar-refractivity contribution < 1.29 is 24.2 Å². The zero-order chi connectivity index (χ0) is 26.1. The number of hydrogen-bond donors (Lipinski definition) is 1. The molecule has 1 saturated heterocycles. The quantitative estimate of drug-likeness (QED) is 0.235. The van der Waals surface area contributed by atoms with Gasteiger partial charge < -0.3 is 19.6 Å². The molecule has 1 atom stereocenters. The first kappa shape index (κ1) is 25.1. The van der Waals surface area contributed by atoms with Crippen LogP contribution in [0.3, 0.4) is 0 Å². The molecule has 2 aromatic heterocycles. The summed E-state index contributed by atoms with van der Waals surface area (Å²) in [4.78, 5) is 46.5. The Morgan fingerprint density at radius 2 is 1.83 bits per heavy atom. The molecule has 0 bridgehead atoms. The zero-order valence-electron chi connectivity index (χ0n) is 21.1. The molecule has 1 aromatic carbocycles. The smallest absolute Gasteiger partial charge is 0.337 e. The van der Waals surface area contributed by atoms with Crippen LogP contribution < -0.4 is 0 Å². The average Bonchev–Trinajstić information content (AvgIpc) is 3.32. The topological polar surface area (TPSA) is 104 Å². The number of benzene rings is 1. The van der Waals surface area contributed by atoms with Gasteiger partial charge in [-0.3, -0.25) is 14.0 Å². The molecule has 0 saturated carbocycles. The van der Waals surface area contributed by atoms with Gasteiger partial charge in [0.25, 0.3) is 11.7 Å². The van der Waals surface area contributed by atoms with Crippen LogP contribution in [0.2, 0.25) is 0 Å². The number of ketones is 1. The van der Waals surface area contributed by atoms with Crippen LogP contribution in [-0.4, -0.2) is 76.2 Å². The SMILES string of the molecule is COC(=O)c1ccc([C@@H]2C(=C(O)c3c(C)nc4c(C)cccn34)C(=O)C(=O)N2CCCN(C)C)cc1. The highest BCUT2D eigenvalue weighted by molar-refractivity contribution is 6.46. The van der Waals surface area contributed by atoms with E-state index >= 15 is 0 Å². The molecule has 1 fully saturated rings. The number of likely N-dealkylation sites (tertiary alicyclic amines) is 1. The summed E-state index contributed by atoms with van der Waals surface area (Å²) in [6.45, 7) is 4.73. The van der Waals surface area contributed by atoms with E-state index in [0.29, 0.717) is 41.1 Å². The number of aliphatic hydroxyl groups excluding tert-OH is 1. The summed E-state index contributed by atoms with van der Waals surface area (Å²) in [5, 5.41) is 11.5. The molecule has 3 aromatic rings. The molecule has 0 unspecified atom stereocenters. The fourth-order valence-corrected chi connectivity index (χ4v) is 4.66. The number of carbonyl (C=O) groups excluding carboxylic acids is 3. The van der Waals surface area contributed by atoms with Crippen LogP contribution in [0.15, 0.2) is 48.2 Å². The van der Waals surface area contributed by atoms with Crippen LogP contribution in [0.25, 0.3) is 11.4 Å². The van der Waals surface area contributed by atoms with Crippen molar-refractivity contribution in [3.8, 4) is 0 Å². The van der Waals surface area contributed by atoms with E-state index in [-0.39, 0.29) is 11.3 Å². The van der Waals surface area contributed by atoms with Crippen molar-refractivity contribution in [2.75, 3.05) is 34.3 Å². The van der Waals surface area contributed by atoms with Crippen molar-refractivity contribution in [3.05, 3.63) is 76.2 Å². The predicted octanol–water partition coefficient (Wildman–Crippen LogP) is 3.11. The number of rotatable bonds is 7. The van der Waals surface area contributed by atoms with Gasteiger partial charge in [-0.1, -0.05) is 18.2 Å². The Kier molecular flexibility index (Phi) is 6.94. The third-order valence-corrected chi connectivity index (χ3v) is 6.44. The maximum Gasteiger partial charge on any atom is 0.337 e. The number of aromatic nitrogens is 2. The van der Waals surface area contributed by atoms with Crippen molar-refractivity contribution in [1.29, 1.82) is 0 Å². The molecule has 9 nitrogen and oxygen atoms in total. The summed E-state index contributed by atoms with van der Waals surface area (Å²) in [5.74, 6) is -2.18. The Balaban J connectivity index is 1.88. The highest BCUT2D eigenvalue weighted by atomic mass is 16.5. The number of carbonyl (C=O) groups is 3. The van der Waals surface area contributed by atoms with Gasteiger partial charge in [0.2, 0.25) is 0 Å². The van der Waals surface area contributed by atoms with Gasteiger partial charge in [0.05, 0.1) is 30.0 Å². The fraction of sp³-hybridized carbons (Fsp3) is 0.333. The minimum Gasteiger partial charge on any atom is -0.505 e. The second kappa shape index (κ2) is 9.94. The summed E-state index contributed by atoms with van der Waals surface area (Å²) in [7, 11) is 5.18. The van der Waals surface area contributed by atoms with Crippen LogP contribution in [0.1, 0.15) is 45.3 Å². The van der Waals surface area contributed by atoms with E-state index in [1.165, 1.54) is 12.0 Å². The molecule has 1 N–H and O–H groups in total. The largest absolute Gasteiger partial charge is 0.505 e. The van der Waals surface area contributed by atoms with Crippen molar-refractivity contribution in [2.45, 2.75) is 26.3 Å². The van der Waals surface area contributed by atoms with E-state index in [1.54, 1.807) is 41.8 Å². The standard InChI is InChI=1S/C27H30N4O5/c1-16-8-6-14-30-21(17(2)28-25(16)30)23(32)20-22(18-9-11-19(12-10-18)27(35)36-5)31(26(34)24(20)33)15-7-13-29(3)4/h6,8-12,14,22,32H,7,13,15H2,1-5H3/t22-/m1/s1. The van der Waals surface area contributed by atoms with Gasteiger partial charge in [-0.05, 0) is 70.2 Å². The molecule has 4 rings (SSSR count). The van der Waals surface area contributed by atoms with Gasteiger partial charge in [-0.15, -0.1) is 0 Å². The number of aryl methyl sites for hydroxylation is 2. The second-order valence-electron chi connectivity index (χ2n) is 9.19. The minimum atomic E-state index is -0.811. The number of ether oxygens (including phenoxy) is 1. The summed E-state index contributed by atoms with van der Waals surface area (Å²) >= 11 is 0. The predicted molar refractivity (Wildman–Crippen MR) is 135 cm³/mol. The van der Waals surface area contributed by atoms with Gasteiger partial charge >= 0.3 is 5.97 Å². The zero-order valence-corrected chi connectivity index (χ0v) is 21.1. The molecule has 0 aliphatic carbocycles. The minimum absolute atomic E-state index is 0.00192. The summed E-state index contributed by atoms with van der Waals surface area (Å²) in [6.07, 6.45) is 2.41. The molecule has 0 spiro atoms. The maximum absolute atomic E-state index is 13.3. The highest BCUT2D eigenvalue weighted by Gasteiger charge is 2.46. The molecule has 0 radical (unpaired) electrons. The number of amides is 1. The van der Waals surface area contributed by atoms with E-state index in [9.17, 15) is 19.5 Å². The number of aliphatic hydroxyl groups is 1. The second-order valence-corrected chi connectivity index (χ2v) is 9.19. The van der Waals surface area contributed by atoms with Crippen LogP contribution in [-0.2, 0) is 14.3 Å². The van der Waals surface area contributed by atoms with Crippen LogP contribution in [0, 0.1) is 13.8 Å². The number of hydrogen-bond acceptors (Lipinski definition) is 7. The normalized spacial score (nSPS) is 17.4. The van der Waals surface area contributed by atoms with Gasteiger partial charge in [0.15, 0.2) is 5.76 Å². The average molecular weight is 491 g/mol. The third-order valence-electron chi connectivity index (χ3n) is 6.44. The number of Topliss-reactive ketones (excluding diaryl/α,β-unsaturated/α-hetero) is 1. The van der Waals surface area contributed by atoms with Crippen molar-refractivity contribution in [3.63, 3.8) is 0 Å². The number of nitrogens with zero attached hydrogens (tertiary/aromatic N) is 4. The van der Waals surface area contributed by atoms with E-state index in [4.69, 9.17) is 4.74 Å². The van der Waals surface area contributed by atoms with Crippen LogP contribution in [0.4, 0.5) is 0 Å². The molecule has 3 heterocycles. The van der Waals surface area contributed by atoms with Crippen LogP contribution >= 0.6 is 0 Å². The van der Waals surface area contributed by atoms with E-state index < -0.39 is 23.7 Å². The number of imidazole rings is 1. The molecular weight excluding hydrogens is 460 g/mol. The van der Waals surface area contributed by atoms with E-state index in [0.717, 1.165) is 12.1 Å². The summed E-state index contributed by atoms with van der Waals surface area (Å²) in [5.41, 5.74) is 3.45. The fourth-order valence-electron chi connectivity index (χ4n) is 4.66. The first-order valence-electron chi connectivity index (χ1n) is 11.7. The Morgan fingerprint density at radius 1 is 1.14 bits per heavy atom. The lowest BCUT2D eigenvalue weighted by atomic mass is 9.95. The van der Waals surface area contributed by atoms with Gasteiger partial charge in [-0.25, -0.2) is 9.78 Å². The van der Waals surface area contributed by atoms with Crippen molar-refractivity contribution in [2.24, 2.45) is 0 Å². The van der Waals surface area contributed by atoms with Crippen molar-refractivity contribution in [1.82, 2.24) is 19.2 Å². The summed E-state index contributed by atoms with van der Waals surface area (Å²) in [6, 6.07) is 9.48. The first-order chi connectivity index (χ1) is 17.1. The van der Waals surface area contributed by atoms with E-state index in [2.05, 4.69) is 4.98 Å². The number of fused-ring (bicyclic) bond motifs is 1. The lowest BCUT2D eigenvalue weighted by Crippen LogP contribution is -2.32. The van der Waals surface area contributed by atoms with Crippen LogP contribution in [0.5, 0.6) is 0 Å². The highest BCUT2D eigenvalue weighted by Crippen LogP contribution is 2.40. The van der Waals surface area contributed by atoms with E-state index in [1.807, 2.05) is 38.1 Å². The molecular formula is C27H30N4O5. The molecule has 1 amide bonds. The third kappa shape index (κ3) is 4.37. The Hall–Kier alpha value is -3.98. The number of methoxy groups -OCH3 is 1. The van der Waals surface area contributed by atoms with Gasteiger partial charge in [-0.2, -0.15) is 0 Å². The molecule has 1 aliphatic rings. The molecule has 9 heteroatoms.